The lowest BCUT2D eigenvalue weighted by atomic mass is 10.1. The molecule has 0 N–H and O–H groups in total. The number of rotatable bonds is 9. The molecule has 2 aromatic rings. The van der Waals surface area contributed by atoms with Gasteiger partial charge < -0.3 is 9.80 Å². The van der Waals surface area contributed by atoms with Gasteiger partial charge in [0.05, 0.1) is 16.6 Å². The molecule has 178 valence electrons. The van der Waals surface area contributed by atoms with Crippen LogP contribution in [0.15, 0.2) is 52.4 Å². The summed E-state index contributed by atoms with van der Waals surface area (Å²) in [5.41, 5.74) is 2.21. The van der Waals surface area contributed by atoms with Crippen LogP contribution in [0, 0.1) is 0 Å². The highest BCUT2D eigenvalue weighted by molar-refractivity contribution is 7.89. The minimum absolute atomic E-state index is 0.0212. The number of amides is 1. The number of nitrogens with zero attached hydrogens (tertiary/aromatic N) is 4. The Bertz CT molecular complexity index is 1140. The summed E-state index contributed by atoms with van der Waals surface area (Å²) in [6.45, 7) is 2.34. The third-order valence-corrected chi connectivity index (χ3v) is 8.51. The van der Waals surface area contributed by atoms with E-state index in [0.29, 0.717) is 13.0 Å². The normalized spacial score (nSPS) is 14.0. The Balaban J connectivity index is 1.51. The van der Waals surface area contributed by atoms with Gasteiger partial charge in [-0.2, -0.15) is 0 Å². The molecule has 0 fully saturated rings. The summed E-state index contributed by atoms with van der Waals surface area (Å²) in [5.74, 6) is 0.875. The number of hydrogen-bond acceptors (Lipinski definition) is 5. The number of carbonyl (C=O) groups excluding carboxylic acids is 1. The average molecular weight is 511 g/mol. The molecule has 1 aliphatic rings. The molecule has 0 radical (unpaired) electrons. The Morgan fingerprint density at radius 1 is 1.09 bits per heavy atom. The minimum Gasteiger partial charge on any atom is -0.358 e. The monoisotopic (exact) mass is 510 g/mol. The summed E-state index contributed by atoms with van der Waals surface area (Å²) >= 11 is 12.0. The summed E-state index contributed by atoms with van der Waals surface area (Å²) < 4.78 is 26.7. The van der Waals surface area contributed by atoms with Gasteiger partial charge in [-0.3, -0.25) is 9.79 Å². The highest BCUT2D eigenvalue weighted by Gasteiger charge is 2.25. The van der Waals surface area contributed by atoms with E-state index in [4.69, 9.17) is 23.2 Å². The number of halogens is 2. The van der Waals surface area contributed by atoms with Gasteiger partial charge in [0.2, 0.25) is 15.9 Å². The summed E-state index contributed by atoms with van der Waals surface area (Å²) in [4.78, 5) is 20.8. The molecule has 0 saturated carbocycles. The molecule has 7 nitrogen and oxygen atoms in total. The topological polar surface area (TPSA) is 73.3 Å². The van der Waals surface area contributed by atoms with E-state index in [9.17, 15) is 13.2 Å². The van der Waals surface area contributed by atoms with Crippen LogP contribution in [0.3, 0.4) is 0 Å². The first-order valence-electron chi connectivity index (χ1n) is 10.6. The summed E-state index contributed by atoms with van der Waals surface area (Å²) in [5, 5.41) is 0.144. The van der Waals surface area contributed by atoms with E-state index in [1.807, 2.05) is 7.05 Å². The Hall–Kier alpha value is -2.13. The number of amidine groups is 1. The average Bonchev–Trinajstić information content (AvgIpc) is 3.23. The predicted octanol–water partition coefficient (Wildman–Crippen LogP) is 3.40. The quantitative estimate of drug-likeness (QED) is 0.518. The van der Waals surface area contributed by atoms with Crippen LogP contribution in [0.2, 0.25) is 10.0 Å². The zero-order valence-corrected chi connectivity index (χ0v) is 21.3. The second kappa shape index (κ2) is 10.9. The van der Waals surface area contributed by atoms with Crippen LogP contribution in [0.5, 0.6) is 0 Å². The van der Waals surface area contributed by atoms with Gasteiger partial charge in [0.1, 0.15) is 10.7 Å². The first kappa shape index (κ1) is 25.5. The first-order chi connectivity index (χ1) is 15.6. The van der Waals surface area contributed by atoms with E-state index < -0.39 is 10.0 Å². The molecule has 10 heteroatoms. The smallest absolute Gasteiger partial charge is 0.244 e. The number of benzene rings is 2. The van der Waals surface area contributed by atoms with E-state index in [0.717, 1.165) is 34.4 Å². The van der Waals surface area contributed by atoms with E-state index in [1.54, 1.807) is 11.9 Å². The van der Waals surface area contributed by atoms with Crippen molar-refractivity contribution in [2.45, 2.75) is 17.7 Å². The zero-order chi connectivity index (χ0) is 24.2. The zero-order valence-electron chi connectivity index (χ0n) is 19.0. The number of hydrogen-bond donors (Lipinski definition) is 0. The van der Waals surface area contributed by atoms with Gasteiger partial charge in [-0.15, -0.1) is 0 Å². The fraction of sp³-hybridized carbons (Fsp3) is 0.391. The van der Waals surface area contributed by atoms with Crippen LogP contribution in [-0.2, 0) is 21.2 Å². The van der Waals surface area contributed by atoms with E-state index in [1.165, 1.54) is 25.2 Å². The number of aliphatic imine (C=N–C) groups is 1. The molecule has 2 aromatic carbocycles. The second-order valence-corrected chi connectivity index (χ2v) is 10.8. The number of sulfonamides is 1. The largest absolute Gasteiger partial charge is 0.358 e. The fourth-order valence-electron chi connectivity index (χ4n) is 3.50. The van der Waals surface area contributed by atoms with Crippen LogP contribution in [-0.4, -0.2) is 81.6 Å². The Morgan fingerprint density at radius 3 is 2.42 bits per heavy atom. The molecule has 1 heterocycles. The van der Waals surface area contributed by atoms with Gasteiger partial charge in [0.25, 0.3) is 0 Å². The lowest BCUT2D eigenvalue weighted by molar-refractivity contribution is -0.129. The molecule has 1 amide bonds. The Kier molecular flexibility index (Phi) is 8.39. The maximum atomic E-state index is 12.8. The van der Waals surface area contributed by atoms with Gasteiger partial charge in [-0.1, -0.05) is 53.5 Å². The molecular weight excluding hydrogens is 483 g/mol. The standard InChI is InChI=1S/C23H28Cl2N4O3S/c1-27(14-11-17-7-9-18(10-8-17)23-26-13-16-28(23)2)21(30)12-15-29(3)33(31,32)20-6-4-5-19(24)22(20)25/h4-10H,11-16H2,1-3H3. The van der Waals surface area contributed by atoms with Crippen molar-refractivity contribution in [1.29, 1.82) is 0 Å². The van der Waals surface area contributed by atoms with Crippen LogP contribution >= 0.6 is 23.2 Å². The van der Waals surface area contributed by atoms with E-state index >= 15 is 0 Å². The summed E-state index contributed by atoms with van der Waals surface area (Å²) in [6, 6.07) is 12.7. The molecule has 0 saturated heterocycles. The summed E-state index contributed by atoms with van der Waals surface area (Å²) in [6.07, 6.45) is 0.770. The van der Waals surface area contributed by atoms with Gasteiger partial charge in [0.15, 0.2) is 0 Å². The fourth-order valence-corrected chi connectivity index (χ4v) is 5.40. The third-order valence-electron chi connectivity index (χ3n) is 5.68. The van der Waals surface area contributed by atoms with Crippen LogP contribution < -0.4 is 0 Å². The molecule has 0 unspecified atom stereocenters. The maximum absolute atomic E-state index is 12.8. The molecule has 0 spiro atoms. The lowest BCUT2D eigenvalue weighted by Crippen LogP contribution is -2.34. The molecule has 1 aliphatic heterocycles. The SMILES string of the molecule is CN(CCc1ccc(C2=NCCN2C)cc1)C(=O)CCN(C)S(=O)(=O)c1cccc(Cl)c1Cl. The molecule has 33 heavy (non-hydrogen) atoms. The van der Waals surface area contributed by atoms with Crippen molar-refractivity contribution in [3.8, 4) is 0 Å². The predicted molar refractivity (Wildman–Crippen MR) is 133 cm³/mol. The van der Waals surface area contributed by atoms with Crippen molar-refractivity contribution in [2.24, 2.45) is 4.99 Å². The summed E-state index contributed by atoms with van der Waals surface area (Å²) in [7, 11) is 1.33. The highest BCUT2D eigenvalue weighted by Crippen LogP contribution is 2.30. The van der Waals surface area contributed by atoms with Gasteiger partial charge in [0, 0.05) is 52.8 Å². The molecule has 0 bridgehead atoms. The molecular formula is C23H28Cl2N4O3S. The molecule has 3 rings (SSSR count). The maximum Gasteiger partial charge on any atom is 0.244 e. The van der Waals surface area contributed by atoms with Crippen molar-refractivity contribution in [3.05, 3.63) is 63.6 Å². The van der Waals surface area contributed by atoms with Crippen molar-refractivity contribution >= 4 is 45.0 Å². The Labute approximate surface area is 205 Å². The van der Waals surface area contributed by atoms with Crippen LogP contribution in [0.25, 0.3) is 0 Å². The van der Waals surface area contributed by atoms with Gasteiger partial charge in [-0.05, 0) is 24.1 Å². The van der Waals surface area contributed by atoms with E-state index in [-0.39, 0.29) is 33.8 Å². The van der Waals surface area contributed by atoms with E-state index in [2.05, 4.69) is 34.2 Å². The Morgan fingerprint density at radius 2 is 1.79 bits per heavy atom. The van der Waals surface area contributed by atoms with Gasteiger partial charge >= 0.3 is 0 Å². The first-order valence-corrected chi connectivity index (χ1v) is 12.8. The second-order valence-electron chi connectivity index (χ2n) is 8.02. The molecule has 0 atom stereocenters. The van der Waals surface area contributed by atoms with Crippen molar-refractivity contribution in [1.82, 2.24) is 14.1 Å². The molecule has 0 aromatic heterocycles. The van der Waals surface area contributed by atoms with Gasteiger partial charge in [-0.25, -0.2) is 12.7 Å². The number of likely N-dealkylation sites (N-methyl/N-ethyl adjacent to an activating group) is 2. The molecule has 0 aliphatic carbocycles. The number of carbonyl (C=O) groups is 1. The van der Waals surface area contributed by atoms with Crippen molar-refractivity contribution < 1.29 is 13.2 Å². The highest BCUT2D eigenvalue weighted by atomic mass is 35.5. The lowest BCUT2D eigenvalue weighted by Gasteiger charge is -2.21. The third kappa shape index (κ3) is 6.06. The minimum atomic E-state index is -3.85. The van der Waals surface area contributed by atoms with Crippen LogP contribution in [0.4, 0.5) is 0 Å². The van der Waals surface area contributed by atoms with Crippen molar-refractivity contribution in [3.63, 3.8) is 0 Å². The van der Waals surface area contributed by atoms with Crippen molar-refractivity contribution in [2.75, 3.05) is 47.3 Å². The van der Waals surface area contributed by atoms with Crippen LogP contribution in [0.1, 0.15) is 17.5 Å².